The number of hydrogen-bond donors (Lipinski definition) is 1. The first-order chi connectivity index (χ1) is 9.17. The lowest BCUT2D eigenvalue weighted by Crippen LogP contribution is -2.14. The van der Waals surface area contributed by atoms with E-state index in [9.17, 15) is 4.79 Å². The molecule has 1 amide bonds. The van der Waals surface area contributed by atoms with Crippen molar-refractivity contribution in [2.45, 2.75) is 6.42 Å². The van der Waals surface area contributed by atoms with Gasteiger partial charge in [0.15, 0.2) is 0 Å². The molecule has 4 heteroatoms. The van der Waals surface area contributed by atoms with E-state index in [0.717, 1.165) is 21.5 Å². The van der Waals surface area contributed by atoms with Crippen LogP contribution in [0.5, 0.6) is 5.75 Å². The summed E-state index contributed by atoms with van der Waals surface area (Å²) in [4.78, 5) is 11.9. The van der Waals surface area contributed by atoms with Crippen molar-refractivity contribution in [2.24, 2.45) is 0 Å². The fourth-order valence-corrected chi connectivity index (χ4v) is 1.93. The molecule has 0 saturated heterocycles. The van der Waals surface area contributed by atoms with Crippen molar-refractivity contribution in [1.29, 1.82) is 0 Å². The topological polar surface area (TPSA) is 38.3 Å². The van der Waals surface area contributed by atoms with Crippen LogP contribution in [0, 0.1) is 0 Å². The lowest BCUT2D eigenvalue weighted by atomic mass is 10.1. The van der Waals surface area contributed by atoms with Crippen LogP contribution >= 0.6 is 15.9 Å². The molecule has 0 bridgehead atoms. The Morgan fingerprint density at radius 2 is 1.74 bits per heavy atom. The SMILES string of the molecule is COc1ccc(NC(=O)Cc2ccc(Br)cc2)cc1. The Labute approximate surface area is 120 Å². The minimum Gasteiger partial charge on any atom is -0.497 e. The van der Waals surface area contributed by atoms with Gasteiger partial charge in [-0.25, -0.2) is 0 Å². The zero-order chi connectivity index (χ0) is 13.7. The molecular formula is C15H14BrNO2. The zero-order valence-electron chi connectivity index (χ0n) is 10.5. The Kier molecular flexibility index (Phi) is 4.58. The van der Waals surface area contributed by atoms with E-state index >= 15 is 0 Å². The van der Waals surface area contributed by atoms with E-state index in [1.165, 1.54) is 0 Å². The molecule has 0 unspecified atom stereocenters. The van der Waals surface area contributed by atoms with E-state index in [1.54, 1.807) is 7.11 Å². The van der Waals surface area contributed by atoms with Crippen molar-refractivity contribution in [3.8, 4) is 5.75 Å². The molecule has 0 radical (unpaired) electrons. The number of rotatable bonds is 4. The first kappa shape index (κ1) is 13.6. The van der Waals surface area contributed by atoms with Gasteiger partial charge < -0.3 is 10.1 Å². The molecule has 2 rings (SSSR count). The molecule has 2 aromatic rings. The van der Waals surface area contributed by atoms with Crippen molar-refractivity contribution in [1.82, 2.24) is 0 Å². The Bertz CT molecular complexity index is 549. The van der Waals surface area contributed by atoms with E-state index in [2.05, 4.69) is 21.2 Å². The lowest BCUT2D eigenvalue weighted by Gasteiger charge is -2.06. The average Bonchev–Trinajstić information content (AvgIpc) is 2.42. The van der Waals surface area contributed by atoms with Crippen molar-refractivity contribution in [3.05, 3.63) is 58.6 Å². The average molecular weight is 320 g/mol. The maximum atomic E-state index is 11.9. The van der Waals surface area contributed by atoms with Gasteiger partial charge >= 0.3 is 0 Å². The summed E-state index contributed by atoms with van der Waals surface area (Å²) in [6, 6.07) is 15.0. The summed E-state index contributed by atoms with van der Waals surface area (Å²) in [5.74, 6) is 0.735. The Balaban J connectivity index is 1.95. The molecule has 0 aliphatic carbocycles. The summed E-state index contributed by atoms with van der Waals surface area (Å²) < 4.78 is 6.07. The zero-order valence-corrected chi connectivity index (χ0v) is 12.1. The summed E-state index contributed by atoms with van der Waals surface area (Å²) in [5.41, 5.74) is 1.75. The third-order valence-corrected chi connectivity index (χ3v) is 3.18. The van der Waals surface area contributed by atoms with Crippen LogP contribution < -0.4 is 10.1 Å². The highest BCUT2D eigenvalue weighted by Crippen LogP contribution is 2.16. The normalized spacial score (nSPS) is 10.0. The molecule has 0 aliphatic heterocycles. The molecule has 0 saturated carbocycles. The second-order valence-electron chi connectivity index (χ2n) is 4.08. The number of halogens is 1. The monoisotopic (exact) mass is 319 g/mol. The number of amides is 1. The molecule has 98 valence electrons. The molecular weight excluding hydrogens is 306 g/mol. The number of nitrogens with one attached hydrogen (secondary N) is 1. The lowest BCUT2D eigenvalue weighted by molar-refractivity contribution is -0.115. The molecule has 2 aromatic carbocycles. The predicted octanol–water partition coefficient (Wildman–Crippen LogP) is 3.64. The van der Waals surface area contributed by atoms with Crippen molar-refractivity contribution in [3.63, 3.8) is 0 Å². The molecule has 19 heavy (non-hydrogen) atoms. The fraction of sp³-hybridized carbons (Fsp3) is 0.133. The first-order valence-electron chi connectivity index (χ1n) is 5.86. The van der Waals surface area contributed by atoms with Crippen LogP contribution in [0.15, 0.2) is 53.0 Å². The maximum Gasteiger partial charge on any atom is 0.228 e. The minimum atomic E-state index is -0.0347. The van der Waals surface area contributed by atoms with E-state index < -0.39 is 0 Å². The van der Waals surface area contributed by atoms with E-state index in [4.69, 9.17) is 4.74 Å². The van der Waals surface area contributed by atoms with Gasteiger partial charge in [-0.1, -0.05) is 28.1 Å². The van der Waals surface area contributed by atoms with Gasteiger partial charge in [0.2, 0.25) is 5.91 Å². The predicted molar refractivity (Wildman–Crippen MR) is 79.5 cm³/mol. The maximum absolute atomic E-state index is 11.9. The van der Waals surface area contributed by atoms with Gasteiger partial charge in [0, 0.05) is 10.2 Å². The van der Waals surface area contributed by atoms with Gasteiger partial charge in [0.1, 0.15) is 5.75 Å². The third-order valence-electron chi connectivity index (χ3n) is 2.65. The molecule has 0 fully saturated rings. The molecule has 3 nitrogen and oxygen atoms in total. The van der Waals surface area contributed by atoms with E-state index in [1.807, 2.05) is 48.5 Å². The highest BCUT2D eigenvalue weighted by atomic mass is 79.9. The summed E-state index contributed by atoms with van der Waals surface area (Å²) in [5, 5.41) is 2.85. The van der Waals surface area contributed by atoms with Gasteiger partial charge in [0.05, 0.1) is 13.5 Å². The highest BCUT2D eigenvalue weighted by molar-refractivity contribution is 9.10. The van der Waals surface area contributed by atoms with Crippen LogP contribution in [-0.2, 0) is 11.2 Å². The highest BCUT2D eigenvalue weighted by Gasteiger charge is 2.04. The smallest absolute Gasteiger partial charge is 0.228 e. The quantitative estimate of drug-likeness (QED) is 0.934. The summed E-state index contributed by atoms with van der Waals surface area (Å²) >= 11 is 3.37. The van der Waals surface area contributed by atoms with Crippen LogP contribution in [0.1, 0.15) is 5.56 Å². The fourth-order valence-electron chi connectivity index (χ4n) is 1.67. The molecule has 0 spiro atoms. The van der Waals surface area contributed by atoms with Crippen LogP contribution in [0.3, 0.4) is 0 Å². The van der Waals surface area contributed by atoms with Gasteiger partial charge in [-0.2, -0.15) is 0 Å². The molecule has 0 aromatic heterocycles. The van der Waals surface area contributed by atoms with Gasteiger partial charge in [-0.3, -0.25) is 4.79 Å². The van der Waals surface area contributed by atoms with E-state index in [0.29, 0.717) is 6.42 Å². The van der Waals surface area contributed by atoms with Gasteiger partial charge in [-0.15, -0.1) is 0 Å². The number of methoxy groups -OCH3 is 1. The number of anilines is 1. The largest absolute Gasteiger partial charge is 0.497 e. The standard InChI is InChI=1S/C15H14BrNO2/c1-19-14-8-6-13(7-9-14)17-15(18)10-11-2-4-12(16)5-3-11/h2-9H,10H2,1H3,(H,17,18). The second kappa shape index (κ2) is 6.38. The van der Waals surface area contributed by atoms with Crippen molar-refractivity contribution >= 4 is 27.5 Å². The van der Waals surface area contributed by atoms with Gasteiger partial charge in [-0.05, 0) is 42.0 Å². The summed E-state index contributed by atoms with van der Waals surface area (Å²) in [7, 11) is 1.61. The molecule has 0 atom stereocenters. The van der Waals surface area contributed by atoms with Crippen molar-refractivity contribution in [2.75, 3.05) is 12.4 Å². The van der Waals surface area contributed by atoms with Crippen LogP contribution in [0.4, 0.5) is 5.69 Å². The summed E-state index contributed by atoms with van der Waals surface area (Å²) in [6.45, 7) is 0. The van der Waals surface area contributed by atoms with Crippen LogP contribution in [0.25, 0.3) is 0 Å². The number of carbonyl (C=O) groups is 1. The second-order valence-corrected chi connectivity index (χ2v) is 5.00. The number of carbonyl (C=O) groups excluding carboxylic acids is 1. The Morgan fingerprint density at radius 3 is 2.32 bits per heavy atom. The van der Waals surface area contributed by atoms with Gasteiger partial charge in [0.25, 0.3) is 0 Å². The van der Waals surface area contributed by atoms with Crippen LogP contribution in [0.2, 0.25) is 0 Å². The number of hydrogen-bond acceptors (Lipinski definition) is 2. The third kappa shape index (κ3) is 4.10. The first-order valence-corrected chi connectivity index (χ1v) is 6.65. The number of benzene rings is 2. The molecule has 0 aliphatic rings. The minimum absolute atomic E-state index is 0.0347. The molecule has 0 heterocycles. The van der Waals surface area contributed by atoms with Crippen molar-refractivity contribution < 1.29 is 9.53 Å². The Hall–Kier alpha value is -1.81. The summed E-state index contributed by atoms with van der Waals surface area (Å²) in [6.07, 6.45) is 0.360. The van der Waals surface area contributed by atoms with E-state index in [-0.39, 0.29) is 5.91 Å². The number of ether oxygens (including phenoxy) is 1. The Morgan fingerprint density at radius 1 is 1.11 bits per heavy atom. The van der Waals surface area contributed by atoms with Crippen LogP contribution in [-0.4, -0.2) is 13.0 Å². The molecule has 1 N–H and O–H groups in total.